The lowest BCUT2D eigenvalue weighted by Gasteiger charge is -2.06. The highest BCUT2D eigenvalue weighted by molar-refractivity contribution is 6.11. The second kappa shape index (κ2) is 3.34. The molecular formula is C12H9N3O. The van der Waals surface area contributed by atoms with Gasteiger partial charge in [-0.3, -0.25) is 4.79 Å². The Kier molecular flexibility index (Phi) is 1.86. The van der Waals surface area contributed by atoms with Crippen LogP contribution < -0.4 is 10.6 Å². The van der Waals surface area contributed by atoms with E-state index in [1.54, 1.807) is 12.3 Å². The van der Waals surface area contributed by atoms with Crippen LogP contribution in [0.4, 0.5) is 17.2 Å². The molecule has 1 aliphatic rings. The fourth-order valence-electron chi connectivity index (χ4n) is 1.72. The number of carbonyl (C=O) groups is 1. The molecule has 0 saturated heterocycles. The number of pyridine rings is 1. The standard InChI is InChI=1S/C12H9N3O/c16-12-8-4-1-2-5-9(8)14-10-6-3-7-13-11(10)15-12/h1-7,14H,(H,13,15,16). The summed E-state index contributed by atoms with van der Waals surface area (Å²) in [5, 5.41) is 5.95. The summed E-state index contributed by atoms with van der Waals surface area (Å²) in [6, 6.07) is 11.1. The number of benzene rings is 1. The SMILES string of the molecule is O=C1Nc2ncccc2Nc2ccccc21. The number of aromatic nitrogens is 1. The van der Waals surface area contributed by atoms with Gasteiger partial charge < -0.3 is 10.6 Å². The van der Waals surface area contributed by atoms with Crippen molar-refractivity contribution in [2.45, 2.75) is 0 Å². The maximum Gasteiger partial charge on any atom is 0.258 e. The van der Waals surface area contributed by atoms with Crippen LogP contribution in [0.1, 0.15) is 10.4 Å². The fourth-order valence-corrected chi connectivity index (χ4v) is 1.72. The number of amides is 1. The Hall–Kier alpha value is -2.36. The molecule has 0 spiro atoms. The van der Waals surface area contributed by atoms with E-state index in [9.17, 15) is 4.79 Å². The van der Waals surface area contributed by atoms with Crippen LogP contribution in [0.15, 0.2) is 42.6 Å². The molecule has 1 amide bonds. The second-order valence-corrected chi connectivity index (χ2v) is 3.52. The molecule has 0 unspecified atom stereocenters. The lowest BCUT2D eigenvalue weighted by molar-refractivity contribution is 0.102. The topological polar surface area (TPSA) is 54.0 Å². The van der Waals surface area contributed by atoms with Crippen molar-refractivity contribution in [3.05, 3.63) is 48.2 Å². The smallest absolute Gasteiger partial charge is 0.258 e. The molecule has 78 valence electrons. The number of nitrogens with zero attached hydrogens (tertiary/aromatic N) is 1. The lowest BCUT2D eigenvalue weighted by Crippen LogP contribution is -2.11. The number of anilines is 3. The van der Waals surface area contributed by atoms with Gasteiger partial charge in [0.25, 0.3) is 5.91 Å². The molecule has 0 fully saturated rings. The van der Waals surface area contributed by atoms with Crippen molar-refractivity contribution >= 4 is 23.1 Å². The number of nitrogens with one attached hydrogen (secondary N) is 2. The summed E-state index contributed by atoms with van der Waals surface area (Å²) in [5.74, 6) is 0.421. The molecule has 16 heavy (non-hydrogen) atoms. The molecule has 0 bridgehead atoms. The minimum atomic E-state index is -0.138. The summed E-state index contributed by atoms with van der Waals surface area (Å²) in [4.78, 5) is 16.0. The van der Waals surface area contributed by atoms with Gasteiger partial charge in [0.15, 0.2) is 5.82 Å². The quantitative estimate of drug-likeness (QED) is 0.703. The van der Waals surface area contributed by atoms with Crippen LogP contribution in [0.2, 0.25) is 0 Å². The first kappa shape index (κ1) is 8.91. The maximum absolute atomic E-state index is 11.9. The van der Waals surface area contributed by atoms with Gasteiger partial charge in [-0.1, -0.05) is 12.1 Å². The minimum Gasteiger partial charge on any atom is -0.352 e. The van der Waals surface area contributed by atoms with Crippen molar-refractivity contribution in [1.29, 1.82) is 0 Å². The molecule has 1 aromatic carbocycles. The Balaban J connectivity index is 2.18. The van der Waals surface area contributed by atoms with Crippen molar-refractivity contribution in [2.75, 3.05) is 10.6 Å². The molecule has 4 nitrogen and oxygen atoms in total. The largest absolute Gasteiger partial charge is 0.352 e. The van der Waals surface area contributed by atoms with E-state index in [0.29, 0.717) is 11.4 Å². The first-order chi connectivity index (χ1) is 7.84. The van der Waals surface area contributed by atoms with Gasteiger partial charge in [0.1, 0.15) is 0 Å². The third-order valence-electron chi connectivity index (χ3n) is 2.48. The lowest BCUT2D eigenvalue weighted by atomic mass is 10.1. The van der Waals surface area contributed by atoms with Gasteiger partial charge in [0.05, 0.1) is 16.9 Å². The van der Waals surface area contributed by atoms with Gasteiger partial charge >= 0.3 is 0 Å². The van der Waals surface area contributed by atoms with Gasteiger partial charge in [-0.05, 0) is 24.3 Å². The monoisotopic (exact) mass is 211 g/mol. The molecule has 0 aliphatic carbocycles. The number of hydrogen-bond donors (Lipinski definition) is 2. The van der Waals surface area contributed by atoms with Gasteiger partial charge in [0.2, 0.25) is 0 Å². The highest BCUT2D eigenvalue weighted by atomic mass is 16.1. The zero-order valence-electron chi connectivity index (χ0n) is 8.40. The molecule has 0 atom stereocenters. The Bertz CT molecular complexity index is 566. The minimum absolute atomic E-state index is 0.138. The number of para-hydroxylation sites is 1. The zero-order chi connectivity index (χ0) is 11.0. The highest BCUT2D eigenvalue weighted by Crippen LogP contribution is 2.29. The Morgan fingerprint density at radius 1 is 0.938 bits per heavy atom. The van der Waals surface area contributed by atoms with Crippen molar-refractivity contribution in [3.63, 3.8) is 0 Å². The van der Waals surface area contributed by atoms with E-state index in [1.165, 1.54) is 0 Å². The second-order valence-electron chi connectivity index (χ2n) is 3.52. The Morgan fingerprint density at radius 2 is 1.75 bits per heavy atom. The van der Waals surface area contributed by atoms with E-state index < -0.39 is 0 Å². The predicted octanol–water partition coefficient (Wildman–Crippen LogP) is 2.39. The summed E-state index contributed by atoms with van der Waals surface area (Å²) < 4.78 is 0. The predicted molar refractivity (Wildman–Crippen MR) is 61.9 cm³/mol. The highest BCUT2D eigenvalue weighted by Gasteiger charge is 2.18. The maximum atomic E-state index is 11.9. The van der Waals surface area contributed by atoms with E-state index in [4.69, 9.17) is 0 Å². The molecule has 0 saturated carbocycles. The average Bonchev–Trinajstić information content (AvgIpc) is 2.45. The van der Waals surface area contributed by atoms with Crippen molar-refractivity contribution in [2.24, 2.45) is 0 Å². The summed E-state index contributed by atoms with van der Waals surface area (Å²) in [6.07, 6.45) is 1.65. The molecule has 2 N–H and O–H groups in total. The Morgan fingerprint density at radius 3 is 2.69 bits per heavy atom. The van der Waals surface area contributed by atoms with Gasteiger partial charge in [0, 0.05) is 6.20 Å². The van der Waals surface area contributed by atoms with Crippen LogP contribution in [-0.2, 0) is 0 Å². The van der Waals surface area contributed by atoms with Crippen molar-refractivity contribution in [1.82, 2.24) is 4.98 Å². The summed E-state index contributed by atoms with van der Waals surface area (Å²) >= 11 is 0. The van der Waals surface area contributed by atoms with Crippen LogP contribution in [0.25, 0.3) is 0 Å². The third-order valence-corrected chi connectivity index (χ3v) is 2.48. The number of hydrogen-bond acceptors (Lipinski definition) is 3. The first-order valence-corrected chi connectivity index (χ1v) is 4.97. The molecular weight excluding hydrogens is 202 g/mol. The fraction of sp³-hybridized carbons (Fsp3) is 0. The molecule has 3 rings (SSSR count). The molecule has 1 aromatic heterocycles. The molecule has 2 heterocycles. The van der Waals surface area contributed by atoms with Crippen molar-refractivity contribution < 1.29 is 4.79 Å². The zero-order valence-corrected chi connectivity index (χ0v) is 8.40. The van der Waals surface area contributed by atoms with E-state index >= 15 is 0 Å². The van der Waals surface area contributed by atoms with E-state index in [2.05, 4.69) is 15.6 Å². The number of fused-ring (bicyclic) bond motifs is 2. The molecule has 4 heteroatoms. The molecule has 0 radical (unpaired) electrons. The van der Waals surface area contributed by atoms with Crippen molar-refractivity contribution in [3.8, 4) is 0 Å². The van der Waals surface area contributed by atoms with E-state index in [1.807, 2.05) is 30.3 Å². The summed E-state index contributed by atoms with van der Waals surface area (Å²) in [5.41, 5.74) is 2.23. The number of carbonyl (C=O) groups excluding carboxylic acids is 1. The number of rotatable bonds is 0. The van der Waals surface area contributed by atoms with E-state index in [0.717, 1.165) is 11.4 Å². The first-order valence-electron chi connectivity index (χ1n) is 4.97. The average molecular weight is 211 g/mol. The van der Waals surface area contributed by atoms with Crippen LogP contribution in [0.5, 0.6) is 0 Å². The van der Waals surface area contributed by atoms with Gasteiger partial charge in [-0.2, -0.15) is 0 Å². The summed E-state index contributed by atoms with van der Waals surface area (Å²) in [6.45, 7) is 0. The Labute approximate surface area is 92.3 Å². The van der Waals surface area contributed by atoms with Gasteiger partial charge in [-0.25, -0.2) is 4.98 Å². The van der Waals surface area contributed by atoms with Crippen LogP contribution in [0, 0.1) is 0 Å². The van der Waals surface area contributed by atoms with Crippen LogP contribution in [0.3, 0.4) is 0 Å². The van der Waals surface area contributed by atoms with Gasteiger partial charge in [-0.15, -0.1) is 0 Å². The summed E-state index contributed by atoms with van der Waals surface area (Å²) in [7, 11) is 0. The third kappa shape index (κ3) is 1.32. The molecule has 2 aromatic rings. The normalized spacial score (nSPS) is 12.9. The van der Waals surface area contributed by atoms with Crippen LogP contribution >= 0.6 is 0 Å². The molecule has 1 aliphatic heterocycles. The van der Waals surface area contributed by atoms with E-state index in [-0.39, 0.29) is 5.91 Å². The van der Waals surface area contributed by atoms with Crippen LogP contribution in [-0.4, -0.2) is 10.9 Å².